The predicted octanol–water partition coefficient (Wildman–Crippen LogP) is -2.14. The molecule has 10 rings (SSSR count). The van der Waals surface area contributed by atoms with E-state index in [0.29, 0.717) is 4.90 Å². The van der Waals surface area contributed by atoms with Crippen LogP contribution >= 0.6 is 0 Å². The van der Waals surface area contributed by atoms with Crippen molar-refractivity contribution in [1.82, 2.24) is 19.6 Å². The number of anilines is 4. The van der Waals surface area contributed by atoms with Crippen LogP contribution in [-0.2, 0) is 91.0 Å². The van der Waals surface area contributed by atoms with Crippen LogP contribution in [0.5, 0.6) is 0 Å². The molecule has 1 atom stereocenters. The zero-order chi connectivity index (χ0) is 65.3. The minimum absolute atomic E-state index is 0.0348. The van der Waals surface area contributed by atoms with Crippen molar-refractivity contribution in [3.63, 3.8) is 0 Å². The minimum atomic E-state index is -1.33. The summed E-state index contributed by atoms with van der Waals surface area (Å²) in [6.07, 6.45) is 15.6. The van der Waals surface area contributed by atoms with Crippen LogP contribution < -0.4 is 19.6 Å². The Bertz CT molecular complexity index is 3630. The number of hydrogen-bond donors (Lipinski definition) is 4. The Labute approximate surface area is 496 Å². The molecule has 0 radical (unpaired) electrons. The Morgan fingerprint density at radius 3 is 1.02 bits per heavy atom. The lowest BCUT2D eigenvalue weighted by atomic mass is 10.1. The third-order valence-electron chi connectivity index (χ3n) is 12.8. The monoisotopic (exact) mass is 1220 g/mol. The van der Waals surface area contributed by atoms with E-state index >= 15 is 0 Å². The molecule has 0 spiro atoms. The Morgan fingerprint density at radius 1 is 0.348 bits per heavy atom. The molecule has 0 saturated heterocycles. The lowest BCUT2D eigenvalue weighted by Crippen LogP contribution is -2.48. The summed E-state index contributed by atoms with van der Waals surface area (Å²) in [5.74, 6) is -14.7. The standard InChI is InChI=1S/2C15H8N2O6.C13H12N2O7.C13H12N2O6/c18-11-1-2-12(19)16(11)9-5-8(15(22)23)6-10(7-9)17-13(20)3-4-14(17)21;18-11-3-4-12(19)16(11)9-2-1-8(15(22)23)7-10(9)17-13(20)5-6-14(17)21;16-9-1-2-10(17)14(9)5-8(22-7-13(20)21)6-15-11(18)3-4-12(15)19;16-9-2-3-10(17)14(9)7-8(1-6-13(20)21)15-11(18)4-5-12(15)19/h2*1-7H,(H,22,23);1-4,8H,5-7H2,(H,20,21);2-5,8H,1,6-7H2,(H,20,21). The van der Waals surface area contributed by atoms with Gasteiger partial charge in [-0.1, -0.05) is 0 Å². The van der Waals surface area contributed by atoms with Crippen molar-refractivity contribution < 1.29 is 121 Å². The van der Waals surface area contributed by atoms with E-state index in [2.05, 4.69) is 0 Å². The van der Waals surface area contributed by atoms with Crippen LogP contribution in [0.3, 0.4) is 0 Å². The van der Waals surface area contributed by atoms with Gasteiger partial charge in [-0.15, -0.1) is 0 Å². The molecule has 33 heteroatoms. The maximum Gasteiger partial charge on any atom is 0.335 e. The van der Waals surface area contributed by atoms with Gasteiger partial charge in [-0.05, 0) is 42.8 Å². The first-order chi connectivity index (χ1) is 42.1. The van der Waals surface area contributed by atoms with Gasteiger partial charge in [0, 0.05) is 104 Å². The average molecular weight is 1220 g/mol. The predicted molar refractivity (Wildman–Crippen MR) is 290 cm³/mol. The van der Waals surface area contributed by atoms with Crippen LogP contribution in [0.1, 0.15) is 33.6 Å². The molecule has 0 fully saturated rings. The summed E-state index contributed by atoms with van der Waals surface area (Å²) in [4.78, 5) is 237. The number of carbonyl (C=O) groups is 20. The summed E-state index contributed by atoms with van der Waals surface area (Å²) >= 11 is 0. The van der Waals surface area contributed by atoms with Gasteiger partial charge >= 0.3 is 23.9 Å². The van der Waals surface area contributed by atoms with Crippen molar-refractivity contribution in [3.05, 3.63) is 145 Å². The molecule has 0 bridgehead atoms. The van der Waals surface area contributed by atoms with Gasteiger partial charge < -0.3 is 25.2 Å². The van der Waals surface area contributed by atoms with Crippen LogP contribution in [0.2, 0.25) is 0 Å². The van der Waals surface area contributed by atoms with Crippen molar-refractivity contribution in [3.8, 4) is 0 Å². The van der Waals surface area contributed by atoms with Gasteiger partial charge in [-0.2, -0.15) is 0 Å². The largest absolute Gasteiger partial charge is 0.481 e. The number of carboxylic acids is 4. The SMILES string of the molecule is O=C(O)CCC(CN1C(=O)C=CC1=O)N1C(=O)C=CC1=O.O=C(O)COC(CN1C(=O)C=CC1=O)CN1C(=O)C=CC1=O.O=C(O)c1cc(N2C(=O)C=CC2=O)cc(N2C(=O)C=CC2=O)c1.O=C(O)c1ccc(N2C(=O)C=CC2=O)c(N2C(=O)C=CC2=O)c1. The van der Waals surface area contributed by atoms with Gasteiger partial charge in [-0.3, -0.25) is 101 Å². The number of carboxylic acid groups (broad SMARTS) is 4. The first-order valence-electron chi connectivity index (χ1n) is 25.3. The van der Waals surface area contributed by atoms with Crippen LogP contribution in [0.4, 0.5) is 22.7 Å². The van der Waals surface area contributed by atoms with Crippen molar-refractivity contribution in [2.75, 3.05) is 45.8 Å². The van der Waals surface area contributed by atoms with Gasteiger partial charge in [0.25, 0.3) is 94.5 Å². The van der Waals surface area contributed by atoms with E-state index in [4.69, 9.17) is 20.1 Å². The zero-order valence-electron chi connectivity index (χ0n) is 45.0. The molecular weight excluding hydrogens is 1180 g/mol. The highest BCUT2D eigenvalue weighted by Gasteiger charge is 2.38. The van der Waals surface area contributed by atoms with Gasteiger partial charge in [0.1, 0.15) is 6.61 Å². The highest BCUT2D eigenvalue weighted by Crippen LogP contribution is 2.35. The van der Waals surface area contributed by atoms with E-state index in [9.17, 15) is 101 Å². The van der Waals surface area contributed by atoms with Crippen molar-refractivity contribution >= 4 is 141 Å². The lowest BCUT2D eigenvalue weighted by Gasteiger charge is -2.28. The maximum atomic E-state index is 11.9. The fourth-order valence-electron chi connectivity index (χ4n) is 8.75. The van der Waals surface area contributed by atoms with E-state index in [1.807, 2.05) is 0 Å². The number of nitrogens with zero attached hydrogens (tertiary/aromatic N) is 8. The molecule has 0 aromatic heterocycles. The molecule has 8 aliphatic heterocycles. The molecule has 1 unspecified atom stereocenters. The van der Waals surface area contributed by atoms with Gasteiger partial charge in [0.15, 0.2) is 0 Å². The molecular formula is C56H40N8O25. The number of aromatic carboxylic acids is 2. The topological polar surface area (TPSA) is 457 Å². The summed E-state index contributed by atoms with van der Waals surface area (Å²) in [5.41, 5.74) is -0.712. The molecule has 16 amide bonds. The van der Waals surface area contributed by atoms with E-state index in [1.165, 1.54) is 18.2 Å². The van der Waals surface area contributed by atoms with Crippen LogP contribution in [0.25, 0.3) is 0 Å². The van der Waals surface area contributed by atoms with Gasteiger partial charge in [-0.25, -0.2) is 34.0 Å². The smallest absolute Gasteiger partial charge is 0.335 e. The lowest BCUT2D eigenvalue weighted by molar-refractivity contribution is -0.148. The normalized spacial score (nSPS) is 17.5. The molecule has 33 nitrogen and oxygen atoms in total. The van der Waals surface area contributed by atoms with E-state index < -0.39 is 137 Å². The molecule has 4 N–H and O–H groups in total. The third-order valence-corrected chi connectivity index (χ3v) is 12.8. The van der Waals surface area contributed by atoms with Crippen molar-refractivity contribution in [2.24, 2.45) is 0 Å². The van der Waals surface area contributed by atoms with E-state index in [1.54, 1.807) is 0 Å². The molecule has 2 aromatic carbocycles. The fraction of sp³-hybridized carbons (Fsp3) is 0.143. The maximum absolute atomic E-state index is 11.9. The molecule has 8 aliphatic rings. The molecule has 8 heterocycles. The van der Waals surface area contributed by atoms with Gasteiger partial charge in [0.05, 0.1) is 65.7 Å². The van der Waals surface area contributed by atoms with Gasteiger partial charge in [0.2, 0.25) is 0 Å². The molecule has 0 aliphatic carbocycles. The second kappa shape index (κ2) is 26.9. The van der Waals surface area contributed by atoms with Crippen LogP contribution in [0.15, 0.2) is 134 Å². The van der Waals surface area contributed by atoms with Crippen LogP contribution in [-0.4, -0.2) is 197 Å². The Balaban J connectivity index is 0.000000169. The number of benzene rings is 2. The first kappa shape index (κ1) is 63.9. The van der Waals surface area contributed by atoms with E-state index in [0.717, 1.165) is 150 Å². The zero-order valence-corrected chi connectivity index (χ0v) is 45.0. The second-order valence-electron chi connectivity index (χ2n) is 18.6. The number of imide groups is 8. The second-order valence-corrected chi connectivity index (χ2v) is 18.6. The first-order valence-corrected chi connectivity index (χ1v) is 25.3. The van der Waals surface area contributed by atoms with Crippen LogP contribution in [0, 0.1) is 0 Å². The summed E-state index contributed by atoms with van der Waals surface area (Å²) in [6.45, 7) is -1.40. The Morgan fingerprint density at radius 2 is 0.674 bits per heavy atom. The fourth-order valence-corrected chi connectivity index (χ4v) is 8.75. The number of aliphatic carboxylic acids is 2. The van der Waals surface area contributed by atoms with E-state index in [-0.39, 0.29) is 66.4 Å². The summed E-state index contributed by atoms with van der Waals surface area (Å²) in [7, 11) is 0. The molecule has 0 saturated carbocycles. The van der Waals surface area contributed by atoms with Crippen molar-refractivity contribution in [1.29, 1.82) is 0 Å². The molecule has 2 aromatic rings. The summed E-state index contributed by atoms with van der Waals surface area (Å²) in [6, 6.07) is 6.07. The molecule has 89 heavy (non-hydrogen) atoms. The average Bonchev–Trinajstić information content (AvgIpc) is 2.99. The number of rotatable bonds is 19. The van der Waals surface area contributed by atoms with Crippen molar-refractivity contribution in [2.45, 2.75) is 25.0 Å². The quantitative estimate of drug-likeness (QED) is 0.109. The summed E-state index contributed by atoms with van der Waals surface area (Å²) in [5, 5.41) is 35.6. The third kappa shape index (κ3) is 14.6. The molecule has 454 valence electrons. The number of amides is 16. The summed E-state index contributed by atoms with van der Waals surface area (Å²) < 4.78 is 5.07. The number of hydrogen-bond acceptors (Lipinski definition) is 21. The number of carbonyl (C=O) groups excluding carboxylic acids is 16. The highest BCUT2D eigenvalue weighted by atomic mass is 16.5. The highest BCUT2D eigenvalue weighted by molar-refractivity contribution is 6.34. The Kier molecular flexibility index (Phi) is 19.3. The Hall–Kier alpha value is -12.7. The minimum Gasteiger partial charge on any atom is -0.481 e. The number of ether oxygens (including phenoxy) is 1.